The number of hydrogen-bond donors (Lipinski definition) is 0. The van der Waals surface area contributed by atoms with E-state index in [2.05, 4.69) is 4.98 Å². The molecule has 1 saturated heterocycles. The van der Waals surface area contributed by atoms with Crippen LogP contribution in [0.15, 0.2) is 35.7 Å². The van der Waals surface area contributed by atoms with Crippen LogP contribution in [-0.2, 0) is 16.2 Å². The molecular formula is C20H23N3O3S. The third kappa shape index (κ3) is 5.40. The van der Waals surface area contributed by atoms with Crippen LogP contribution in [0.4, 0.5) is 0 Å². The Bertz CT molecular complexity index is 821. The number of nitrogens with zero attached hydrogens (tertiary/aromatic N) is 3. The molecule has 0 radical (unpaired) electrons. The highest BCUT2D eigenvalue weighted by Gasteiger charge is 2.20. The Kier molecular flexibility index (Phi) is 6.24. The van der Waals surface area contributed by atoms with E-state index in [1.807, 2.05) is 36.6 Å². The van der Waals surface area contributed by atoms with Gasteiger partial charge in [-0.15, -0.1) is 11.3 Å². The van der Waals surface area contributed by atoms with Gasteiger partial charge in [-0.2, -0.15) is 0 Å². The fourth-order valence-corrected chi connectivity index (χ4v) is 3.42. The van der Waals surface area contributed by atoms with Crippen LogP contribution in [0, 0.1) is 6.92 Å². The molecule has 0 unspecified atom stereocenters. The van der Waals surface area contributed by atoms with E-state index in [0.717, 1.165) is 22.0 Å². The highest BCUT2D eigenvalue weighted by molar-refractivity contribution is 7.09. The van der Waals surface area contributed by atoms with Crippen LogP contribution in [0.2, 0.25) is 0 Å². The van der Waals surface area contributed by atoms with Crippen molar-refractivity contribution >= 4 is 29.2 Å². The zero-order valence-corrected chi connectivity index (χ0v) is 16.4. The predicted octanol–water partition coefficient (Wildman–Crippen LogP) is 2.73. The zero-order valence-electron chi connectivity index (χ0n) is 15.6. The molecule has 1 aromatic carbocycles. The molecule has 2 amide bonds. The molecule has 1 aromatic heterocycles. The van der Waals surface area contributed by atoms with Crippen molar-refractivity contribution in [1.82, 2.24) is 14.8 Å². The minimum Gasteiger partial charge on any atom is -0.487 e. The number of aromatic nitrogens is 1. The third-order valence-corrected chi connectivity index (χ3v) is 5.21. The molecule has 7 heteroatoms. The van der Waals surface area contributed by atoms with Crippen molar-refractivity contribution in [3.05, 3.63) is 52.0 Å². The van der Waals surface area contributed by atoms with Crippen LogP contribution in [0.25, 0.3) is 6.08 Å². The van der Waals surface area contributed by atoms with Crippen LogP contribution in [0.5, 0.6) is 5.75 Å². The van der Waals surface area contributed by atoms with Gasteiger partial charge in [0, 0.05) is 44.6 Å². The fraction of sp³-hybridized carbons (Fsp3) is 0.350. The summed E-state index contributed by atoms with van der Waals surface area (Å²) in [4.78, 5) is 31.5. The smallest absolute Gasteiger partial charge is 0.246 e. The molecule has 6 nitrogen and oxygen atoms in total. The molecule has 0 N–H and O–H groups in total. The van der Waals surface area contributed by atoms with Gasteiger partial charge in [0.25, 0.3) is 0 Å². The maximum Gasteiger partial charge on any atom is 0.246 e. The highest BCUT2D eigenvalue weighted by atomic mass is 32.1. The molecule has 0 saturated carbocycles. The summed E-state index contributed by atoms with van der Waals surface area (Å²) in [5, 5.41) is 3.02. The van der Waals surface area contributed by atoms with E-state index in [1.54, 1.807) is 40.2 Å². The van der Waals surface area contributed by atoms with Gasteiger partial charge in [-0.1, -0.05) is 12.1 Å². The van der Waals surface area contributed by atoms with Gasteiger partial charge in [0.15, 0.2) is 0 Å². The number of ether oxygens (including phenoxy) is 1. The number of amides is 2. The number of thiazole rings is 1. The number of piperazine rings is 1. The highest BCUT2D eigenvalue weighted by Crippen LogP contribution is 2.16. The minimum atomic E-state index is -0.0302. The number of benzene rings is 1. The molecule has 1 aliphatic heterocycles. The summed E-state index contributed by atoms with van der Waals surface area (Å²) < 4.78 is 5.72. The lowest BCUT2D eigenvalue weighted by Gasteiger charge is -2.33. The Morgan fingerprint density at radius 2 is 1.81 bits per heavy atom. The molecule has 2 heterocycles. The molecule has 27 heavy (non-hydrogen) atoms. The van der Waals surface area contributed by atoms with Crippen molar-refractivity contribution in [3.63, 3.8) is 0 Å². The molecule has 1 fully saturated rings. The van der Waals surface area contributed by atoms with Gasteiger partial charge >= 0.3 is 0 Å². The molecule has 2 aromatic rings. The van der Waals surface area contributed by atoms with Gasteiger partial charge in [0.05, 0.1) is 10.7 Å². The van der Waals surface area contributed by atoms with Crippen LogP contribution >= 0.6 is 11.3 Å². The number of aryl methyl sites for hydroxylation is 1. The van der Waals surface area contributed by atoms with Crippen molar-refractivity contribution in [3.8, 4) is 5.75 Å². The first-order chi connectivity index (χ1) is 13.0. The van der Waals surface area contributed by atoms with Gasteiger partial charge in [-0.3, -0.25) is 9.59 Å². The third-order valence-electron chi connectivity index (χ3n) is 4.39. The fourth-order valence-electron chi connectivity index (χ4n) is 2.82. The quantitative estimate of drug-likeness (QED) is 0.743. The van der Waals surface area contributed by atoms with Gasteiger partial charge in [-0.05, 0) is 30.7 Å². The number of carbonyl (C=O) groups is 2. The Morgan fingerprint density at radius 3 is 2.41 bits per heavy atom. The van der Waals surface area contributed by atoms with Gasteiger partial charge in [0.1, 0.15) is 12.4 Å². The number of carbonyl (C=O) groups excluding carboxylic acids is 2. The van der Waals surface area contributed by atoms with Gasteiger partial charge in [-0.25, -0.2) is 4.98 Å². The average Bonchev–Trinajstić information content (AvgIpc) is 3.10. The summed E-state index contributed by atoms with van der Waals surface area (Å²) in [7, 11) is 0. The predicted molar refractivity (Wildman–Crippen MR) is 105 cm³/mol. The standard InChI is InChI=1S/C20H23N3O3S/c1-15-21-18(14-27-15)13-26-19-6-3-17(4-7-19)5-8-20(25)23-11-9-22(10-12-23)16(2)24/h3-8,14H,9-13H2,1-2H3/b8-5+. The van der Waals surface area contributed by atoms with Gasteiger partial charge < -0.3 is 14.5 Å². The van der Waals surface area contributed by atoms with Crippen LogP contribution in [0.3, 0.4) is 0 Å². The molecule has 1 aliphatic rings. The second-order valence-electron chi connectivity index (χ2n) is 6.38. The van der Waals surface area contributed by atoms with E-state index < -0.39 is 0 Å². The molecule has 0 atom stereocenters. The largest absolute Gasteiger partial charge is 0.487 e. The number of rotatable bonds is 5. The lowest BCUT2D eigenvalue weighted by Crippen LogP contribution is -2.49. The first-order valence-electron chi connectivity index (χ1n) is 8.87. The van der Waals surface area contributed by atoms with Crippen molar-refractivity contribution in [2.75, 3.05) is 26.2 Å². The Morgan fingerprint density at radius 1 is 1.15 bits per heavy atom. The van der Waals surface area contributed by atoms with Crippen LogP contribution in [0.1, 0.15) is 23.2 Å². The van der Waals surface area contributed by atoms with E-state index >= 15 is 0 Å². The molecule has 142 valence electrons. The molecular weight excluding hydrogens is 362 g/mol. The maximum atomic E-state index is 12.3. The maximum absolute atomic E-state index is 12.3. The molecule has 0 bridgehead atoms. The van der Waals surface area contributed by atoms with E-state index in [4.69, 9.17) is 4.74 Å². The average molecular weight is 385 g/mol. The normalized spacial score (nSPS) is 14.6. The summed E-state index contributed by atoms with van der Waals surface area (Å²) in [5.74, 6) is 0.798. The molecule has 0 spiro atoms. The second-order valence-corrected chi connectivity index (χ2v) is 7.44. The zero-order chi connectivity index (χ0) is 19.2. The topological polar surface area (TPSA) is 62.7 Å². The summed E-state index contributed by atoms with van der Waals surface area (Å²) in [6.07, 6.45) is 3.38. The molecule has 0 aliphatic carbocycles. The SMILES string of the molecule is CC(=O)N1CCN(C(=O)/C=C/c2ccc(OCc3csc(C)n3)cc2)CC1. The Hall–Kier alpha value is -2.67. The van der Waals surface area contributed by atoms with Crippen LogP contribution < -0.4 is 4.74 Å². The lowest BCUT2D eigenvalue weighted by molar-refractivity contribution is -0.135. The number of hydrogen-bond acceptors (Lipinski definition) is 5. The van der Waals surface area contributed by atoms with Gasteiger partial charge in [0.2, 0.25) is 11.8 Å². The summed E-state index contributed by atoms with van der Waals surface area (Å²) in [6.45, 7) is 6.32. The van der Waals surface area contributed by atoms with E-state index in [1.165, 1.54) is 0 Å². The second kappa shape index (κ2) is 8.81. The van der Waals surface area contributed by atoms with Crippen LogP contribution in [-0.4, -0.2) is 52.8 Å². The Labute approximate surface area is 163 Å². The van der Waals surface area contributed by atoms with E-state index in [-0.39, 0.29) is 11.8 Å². The van der Waals surface area contributed by atoms with Crippen molar-refractivity contribution in [2.45, 2.75) is 20.5 Å². The van der Waals surface area contributed by atoms with Crippen molar-refractivity contribution in [1.29, 1.82) is 0 Å². The molecule has 3 rings (SSSR count). The summed E-state index contributed by atoms with van der Waals surface area (Å²) >= 11 is 1.61. The monoisotopic (exact) mass is 385 g/mol. The van der Waals surface area contributed by atoms with Crippen molar-refractivity contribution < 1.29 is 14.3 Å². The lowest BCUT2D eigenvalue weighted by atomic mass is 10.2. The van der Waals surface area contributed by atoms with Crippen molar-refractivity contribution in [2.24, 2.45) is 0 Å². The first-order valence-corrected chi connectivity index (χ1v) is 9.75. The summed E-state index contributed by atoms with van der Waals surface area (Å²) in [5.41, 5.74) is 1.86. The first kappa shape index (κ1) is 19.1. The van der Waals surface area contributed by atoms with E-state index in [9.17, 15) is 9.59 Å². The Balaban J connectivity index is 1.48. The minimum absolute atomic E-state index is 0.0302. The summed E-state index contributed by atoms with van der Waals surface area (Å²) in [6, 6.07) is 7.60. The van der Waals surface area contributed by atoms with E-state index in [0.29, 0.717) is 32.8 Å².